The Morgan fingerprint density at radius 3 is 2.32 bits per heavy atom. The van der Waals surface area contributed by atoms with E-state index in [1.54, 1.807) is 37.8 Å². The Hall–Kier alpha value is -4.46. The van der Waals surface area contributed by atoms with Crippen molar-refractivity contribution in [2.45, 2.75) is 66.2 Å². The number of imide groups is 1. The number of hydrogen-bond donors (Lipinski definition) is 0. The molecule has 1 aliphatic rings. The Morgan fingerprint density at radius 2 is 1.68 bits per heavy atom. The van der Waals surface area contributed by atoms with E-state index in [0.717, 1.165) is 21.6 Å². The lowest BCUT2D eigenvalue weighted by Gasteiger charge is -2.29. The van der Waals surface area contributed by atoms with E-state index in [-0.39, 0.29) is 6.54 Å². The topological polar surface area (TPSA) is 86.6 Å². The van der Waals surface area contributed by atoms with E-state index in [1.165, 1.54) is 11.1 Å². The number of pyridine rings is 1. The summed E-state index contributed by atoms with van der Waals surface area (Å²) in [7, 11) is 0. The van der Waals surface area contributed by atoms with E-state index < -0.39 is 17.6 Å². The number of ether oxygens (including phenoxy) is 2. The van der Waals surface area contributed by atoms with E-state index in [2.05, 4.69) is 44.0 Å². The van der Waals surface area contributed by atoms with Crippen molar-refractivity contribution in [2.24, 2.45) is 0 Å². The SMILES string of the molecule is Cc1cc(C(C)C)ccc1COc1ccc(-c2c(-c3ccncc3)nn3c2C(=O)N(C(=O)OC(C)(C)C)CC3)cc1. The van der Waals surface area contributed by atoms with Gasteiger partial charge in [0, 0.05) is 23.5 Å². The molecule has 0 fully saturated rings. The number of aryl methyl sites for hydroxylation is 1. The maximum absolute atomic E-state index is 13.7. The van der Waals surface area contributed by atoms with Crippen LogP contribution in [0.25, 0.3) is 22.4 Å². The quantitative estimate of drug-likeness (QED) is 0.256. The van der Waals surface area contributed by atoms with Gasteiger partial charge in [-0.2, -0.15) is 5.10 Å². The summed E-state index contributed by atoms with van der Waals surface area (Å²) in [6.07, 6.45) is 2.73. The van der Waals surface area contributed by atoms with E-state index in [0.29, 0.717) is 41.8 Å². The zero-order chi connectivity index (χ0) is 29.3. The molecule has 0 saturated carbocycles. The molecule has 2 amide bonds. The summed E-state index contributed by atoms with van der Waals surface area (Å²) in [6.45, 7) is 12.8. The lowest BCUT2D eigenvalue weighted by molar-refractivity contribution is 0.0210. The molecule has 8 heteroatoms. The average Bonchev–Trinajstić information content (AvgIpc) is 3.33. The third-order valence-electron chi connectivity index (χ3n) is 7.07. The van der Waals surface area contributed by atoms with Crippen LogP contribution in [0.2, 0.25) is 0 Å². The smallest absolute Gasteiger partial charge is 0.417 e. The summed E-state index contributed by atoms with van der Waals surface area (Å²) < 4.78 is 13.3. The van der Waals surface area contributed by atoms with Crippen LogP contribution in [-0.2, 0) is 17.9 Å². The fourth-order valence-electron chi connectivity index (χ4n) is 4.86. The standard InChI is InChI=1S/C33H36N4O4/c1-21(2)25-7-8-26(22(3)19-25)20-40-27-11-9-23(10-12-27)28-29(24-13-15-34-16-14-24)35-37-18-17-36(31(38)30(28)37)32(39)41-33(4,5)6/h7-16,19,21H,17-18,20H2,1-6H3. The number of hydrogen-bond acceptors (Lipinski definition) is 6. The van der Waals surface area contributed by atoms with Crippen LogP contribution in [0.4, 0.5) is 4.79 Å². The molecular formula is C33H36N4O4. The van der Waals surface area contributed by atoms with Gasteiger partial charge in [-0.15, -0.1) is 0 Å². The molecule has 4 aromatic rings. The molecule has 41 heavy (non-hydrogen) atoms. The van der Waals surface area contributed by atoms with Crippen molar-refractivity contribution in [3.8, 4) is 28.1 Å². The largest absolute Gasteiger partial charge is 0.489 e. The van der Waals surface area contributed by atoms with Gasteiger partial charge in [0.15, 0.2) is 0 Å². The van der Waals surface area contributed by atoms with Gasteiger partial charge in [0.1, 0.15) is 29.3 Å². The van der Waals surface area contributed by atoms with Gasteiger partial charge in [-0.1, -0.05) is 44.2 Å². The number of benzene rings is 2. The summed E-state index contributed by atoms with van der Waals surface area (Å²) in [5.41, 5.74) is 6.21. The highest BCUT2D eigenvalue weighted by Gasteiger charge is 2.37. The van der Waals surface area contributed by atoms with Crippen LogP contribution < -0.4 is 4.74 Å². The van der Waals surface area contributed by atoms with Gasteiger partial charge < -0.3 is 9.47 Å². The molecule has 0 N–H and O–H groups in total. The van der Waals surface area contributed by atoms with Crippen molar-refractivity contribution in [1.82, 2.24) is 19.7 Å². The normalized spacial score (nSPS) is 13.3. The first-order valence-electron chi connectivity index (χ1n) is 13.9. The van der Waals surface area contributed by atoms with Crippen molar-refractivity contribution in [1.29, 1.82) is 0 Å². The average molecular weight is 553 g/mol. The molecule has 0 atom stereocenters. The number of rotatable bonds is 6. The summed E-state index contributed by atoms with van der Waals surface area (Å²) in [5, 5.41) is 4.80. The number of aromatic nitrogens is 3. The van der Waals surface area contributed by atoms with Crippen LogP contribution in [-0.4, -0.2) is 43.8 Å². The van der Waals surface area contributed by atoms with Crippen molar-refractivity contribution >= 4 is 12.0 Å². The number of amides is 2. The molecule has 1 aliphatic heterocycles. The third kappa shape index (κ3) is 6.01. The van der Waals surface area contributed by atoms with Gasteiger partial charge in [-0.05, 0) is 80.1 Å². The first-order valence-corrected chi connectivity index (χ1v) is 13.9. The number of fused-ring (bicyclic) bond motifs is 1. The van der Waals surface area contributed by atoms with E-state index in [4.69, 9.17) is 14.6 Å². The van der Waals surface area contributed by atoms with Gasteiger partial charge >= 0.3 is 6.09 Å². The molecule has 5 rings (SSSR count). The minimum Gasteiger partial charge on any atom is -0.489 e. The molecule has 0 unspecified atom stereocenters. The Bertz CT molecular complexity index is 1570. The molecule has 2 aromatic heterocycles. The van der Waals surface area contributed by atoms with Crippen LogP contribution in [0.3, 0.4) is 0 Å². The van der Waals surface area contributed by atoms with Gasteiger partial charge in [-0.3, -0.25) is 14.5 Å². The lowest BCUT2D eigenvalue weighted by Crippen LogP contribution is -2.46. The predicted octanol–water partition coefficient (Wildman–Crippen LogP) is 7.01. The zero-order valence-corrected chi connectivity index (χ0v) is 24.5. The zero-order valence-electron chi connectivity index (χ0n) is 24.5. The minimum absolute atomic E-state index is 0.183. The second-order valence-corrected chi connectivity index (χ2v) is 11.6. The summed E-state index contributed by atoms with van der Waals surface area (Å²) in [4.78, 5) is 31.9. The molecule has 2 aromatic carbocycles. The molecule has 8 nitrogen and oxygen atoms in total. The maximum atomic E-state index is 13.7. The second-order valence-electron chi connectivity index (χ2n) is 11.6. The Kier molecular flexibility index (Phi) is 7.67. The number of nitrogens with zero attached hydrogens (tertiary/aromatic N) is 4. The summed E-state index contributed by atoms with van der Waals surface area (Å²) >= 11 is 0. The Labute approximate surface area is 240 Å². The minimum atomic E-state index is -0.717. The van der Waals surface area contributed by atoms with Crippen LogP contribution in [0.1, 0.15) is 67.7 Å². The first-order chi connectivity index (χ1) is 19.5. The highest BCUT2D eigenvalue weighted by atomic mass is 16.6. The van der Waals surface area contributed by atoms with Gasteiger partial charge in [0.25, 0.3) is 5.91 Å². The highest BCUT2D eigenvalue weighted by Crippen LogP contribution is 2.37. The van der Waals surface area contributed by atoms with Crippen LogP contribution in [0, 0.1) is 6.92 Å². The lowest BCUT2D eigenvalue weighted by atomic mass is 9.98. The van der Waals surface area contributed by atoms with E-state index >= 15 is 0 Å². The molecule has 212 valence electrons. The van der Waals surface area contributed by atoms with Crippen LogP contribution >= 0.6 is 0 Å². The van der Waals surface area contributed by atoms with Crippen molar-refractivity contribution in [2.75, 3.05) is 6.54 Å². The number of carbonyl (C=O) groups is 2. The molecular weight excluding hydrogens is 516 g/mol. The maximum Gasteiger partial charge on any atom is 0.417 e. The highest BCUT2D eigenvalue weighted by molar-refractivity contribution is 6.08. The van der Waals surface area contributed by atoms with E-state index in [9.17, 15) is 9.59 Å². The molecule has 0 radical (unpaired) electrons. The third-order valence-corrected chi connectivity index (χ3v) is 7.07. The molecule has 3 heterocycles. The summed E-state index contributed by atoms with van der Waals surface area (Å²) in [5.74, 6) is 0.758. The van der Waals surface area contributed by atoms with Crippen LogP contribution in [0.5, 0.6) is 5.75 Å². The Balaban J connectivity index is 1.46. The van der Waals surface area contributed by atoms with Gasteiger partial charge in [0.05, 0.1) is 13.1 Å². The Morgan fingerprint density at radius 1 is 0.976 bits per heavy atom. The molecule has 0 aliphatic carbocycles. The van der Waals surface area contributed by atoms with Crippen molar-refractivity contribution < 1.29 is 19.1 Å². The fourth-order valence-corrected chi connectivity index (χ4v) is 4.86. The molecule has 0 saturated heterocycles. The van der Waals surface area contributed by atoms with Crippen LogP contribution in [0.15, 0.2) is 67.0 Å². The number of carbonyl (C=O) groups excluding carboxylic acids is 2. The van der Waals surface area contributed by atoms with E-state index in [1.807, 2.05) is 36.4 Å². The predicted molar refractivity (Wildman–Crippen MR) is 158 cm³/mol. The molecule has 0 spiro atoms. The monoisotopic (exact) mass is 552 g/mol. The molecule has 0 bridgehead atoms. The van der Waals surface area contributed by atoms with Crippen molar-refractivity contribution in [3.63, 3.8) is 0 Å². The fraction of sp³-hybridized carbons (Fsp3) is 0.333. The first kappa shape index (κ1) is 28.1. The van der Waals surface area contributed by atoms with Gasteiger partial charge in [-0.25, -0.2) is 9.69 Å². The second kappa shape index (κ2) is 11.2. The van der Waals surface area contributed by atoms with Gasteiger partial charge in [0.2, 0.25) is 0 Å². The summed E-state index contributed by atoms with van der Waals surface area (Å²) in [6, 6.07) is 17.9. The van der Waals surface area contributed by atoms with Crippen molar-refractivity contribution in [3.05, 3.63) is 89.4 Å².